The van der Waals surface area contributed by atoms with E-state index in [1.165, 1.54) is 4.57 Å². The molecule has 0 aliphatic rings. The number of aryl methyl sites for hydroxylation is 1. The number of pyridine rings is 1. The van der Waals surface area contributed by atoms with Gasteiger partial charge in [0.2, 0.25) is 0 Å². The van der Waals surface area contributed by atoms with Gasteiger partial charge in [-0.2, -0.15) is 0 Å². The number of hydrogen-bond acceptors (Lipinski definition) is 2. The monoisotopic (exact) mass is 345 g/mol. The smallest absolute Gasteiger partial charge is 0.261 e. The lowest BCUT2D eigenvalue weighted by molar-refractivity contribution is 0.0991. The summed E-state index contributed by atoms with van der Waals surface area (Å²) in [6.45, 7) is 5.63. The molecule has 3 nitrogen and oxygen atoms in total. The van der Waals surface area contributed by atoms with Crippen molar-refractivity contribution in [1.29, 1.82) is 0 Å². The molecule has 1 aromatic carbocycles. The second-order valence-corrected chi connectivity index (χ2v) is 5.79. The molecule has 0 unspecified atom stereocenters. The van der Waals surface area contributed by atoms with Crippen LogP contribution in [0.5, 0.6) is 0 Å². The third kappa shape index (κ3) is 3.22. The Morgan fingerprint density at radius 3 is 2.81 bits per heavy atom. The third-order valence-corrected chi connectivity index (χ3v) is 4.33. The Kier molecular flexibility index (Phi) is 4.58. The first-order valence-electron chi connectivity index (χ1n) is 6.54. The minimum Gasteiger partial charge on any atom is -0.317 e. The molecule has 0 saturated carbocycles. The van der Waals surface area contributed by atoms with Crippen LogP contribution < -0.4 is 5.56 Å². The molecule has 0 aliphatic carbocycles. The van der Waals surface area contributed by atoms with Crippen LogP contribution in [0.3, 0.4) is 0 Å². The molecule has 0 saturated heterocycles. The van der Waals surface area contributed by atoms with E-state index in [9.17, 15) is 9.59 Å². The summed E-state index contributed by atoms with van der Waals surface area (Å²) >= 11 is 3.45. The van der Waals surface area contributed by atoms with E-state index in [1.807, 2.05) is 25.1 Å². The largest absolute Gasteiger partial charge is 0.317 e. The summed E-state index contributed by atoms with van der Waals surface area (Å²) in [5, 5.41) is 0. The van der Waals surface area contributed by atoms with Crippen molar-refractivity contribution in [2.45, 2.75) is 13.3 Å². The SMILES string of the molecule is C=Cc1cc(C(=O)Cc2cccc(Br)c2C)c(=O)n(C)c1. The second kappa shape index (κ2) is 6.22. The molecule has 2 aromatic rings. The van der Waals surface area contributed by atoms with Gasteiger partial charge in [-0.25, -0.2) is 0 Å². The van der Waals surface area contributed by atoms with Gasteiger partial charge in [0.25, 0.3) is 5.56 Å². The molecule has 1 aromatic heterocycles. The summed E-state index contributed by atoms with van der Waals surface area (Å²) in [7, 11) is 1.64. The average Bonchev–Trinajstić information content (AvgIpc) is 2.46. The van der Waals surface area contributed by atoms with E-state index in [0.717, 1.165) is 21.2 Å². The minimum absolute atomic E-state index is 0.180. The fourth-order valence-electron chi connectivity index (χ4n) is 2.16. The van der Waals surface area contributed by atoms with E-state index in [1.54, 1.807) is 25.4 Å². The predicted molar refractivity (Wildman–Crippen MR) is 88.7 cm³/mol. The number of halogens is 1. The van der Waals surface area contributed by atoms with Crippen LogP contribution in [0.1, 0.15) is 27.0 Å². The summed E-state index contributed by atoms with van der Waals surface area (Å²) in [6.07, 6.45) is 3.50. The highest BCUT2D eigenvalue weighted by atomic mass is 79.9. The molecule has 2 rings (SSSR count). The maximum absolute atomic E-state index is 12.5. The standard InChI is InChI=1S/C17H16BrNO2/c1-4-12-8-14(17(21)19(3)10-12)16(20)9-13-6-5-7-15(18)11(13)2/h4-8,10H,1,9H2,2-3H3. The maximum atomic E-state index is 12.5. The lowest BCUT2D eigenvalue weighted by Crippen LogP contribution is -2.25. The van der Waals surface area contributed by atoms with Crippen molar-refractivity contribution >= 4 is 27.8 Å². The summed E-state index contributed by atoms with van der Waals surface area (Å²) in [5.41, 5.74) is 2.61. The molecule has 0 bridgehead atoms. The molecule has 0 fully saturated rings. The first kappa shape index (κ1) is 15.4. The number of aromatic nitrogens is 1. The van der Waals surface area contributed by atoms with E-state index < -0.39 is 0 Å². The number of carbonyl (C=O) groups excluding carboxylic acids is 1. The zero-order valence-electron chi connectivity index (χ0n) is 12.0. The molecule has 4 heteroatoms. The van der Waals surface area contributed by atoms with Gasteiger partial charge in [0, 0.05) is 24.1 Å². The Bertz CT molecular complexity index is 775. The molecule has 0 aliphatic heterocycles. The number of hydrogen-bond donors (Lipinski definition) is 0. The highest BCUT2D eigenvalue weighted by Gasteiger charge is 2.15. The fraction of sp³-hybridized carbons (Fsp3) is 0.176. The minimum atomic E-state index is -0.279. The predicted octanol–water partition coefficient (Wildman–Crippen LogP) is 3.52. The van der Waals surface area contributed by atoms with Gasteiger partial charge in [0.1, 0.15) is 0 Å². The molecule has 0 N–H and O–H groups in total. The van der Waals surface area contributed by atoms with Gasteiger partial charge >= 0.3 is 0 Å². The van der Waals surface area contributed by atoms with Crippen LogP contribution >= 0.6 is 15.9 Å². The number of Topliss-reactive ketones (excluding diaryl/α,β-unsaturated/α-hetero) is 1. The van der Waals surface area contributed by atoms with Crippen LogP contribution in [0.4, 0.5) is 0 Å². The molecular weight excluding hydrogens is 330 g/mol. The summed E-state index contributed by atoms with van der Waals surface area (Å²) in [6, 6.07) is 7.32. The summed E-state index contributed by atoms with van der Waals surface area (Å²) < 4.78 is 2.37. The molecule has 0 amide bonds. The van der Waals surface area contributed by atoms with Gasteiger partial charge in [0.15, 0.2) is 5.78 Å². The number of rotatable bonds is 4. The van der Waals surface area contributed by atoms with E-state index in [-0.39, 0.29) is 23.3 Å². The lowest BCUT2D eigenvalue weighted by Gasteiger charge is -2.08. The topological polar surface area (TPSA) is 39.1 Å². The van der Waals surface area contributed by atoms with Crippen molar-refractivity contribution in [3.63, 3.8) is 0 Å². The van der Waals surface area contributed by atoms with Crippen LogP contribution in [-0.2, 0) is 13.5 Å². The van der Waals surface area contributed by atoms with Crippen LogP contribution in [0.25, 0.3) is 6.08 Å². The van der Waals surface area contributed by atoms with Crippen molar-refractivity contribution in [1.82, 2.24) is 4.57 Å². The van der Waals surface area contributed by atoms with E-state index in [4.69, 9.17) is 0 Å². The number of ketones is 1. The molecule has 0 radical (unpaired) electrons. The van der Waals surface area contributed by atoms with Crippen molar-refractivity contribution in [3.05, 3.63) is 74.1 Å². The maximum Gasteiger partial charge on any atom is 0.261 e. The Labute approximate surface area is 132 Å². The lowest BCUT2D eigenvalue weighted by atomic mass is 9.99. The highest BCUT2D eigenvalue weighted by Crippen LogP contribution is 2.20. The number of carbonyl (C=O) groups is 1. The number of nitrogens with zero attached hydrogens (tertiary/aromatic N) is 1. The zero-order valence-corrected chi connectivity index (χ0v) is 13.6. The second-order valence-electron chi connectivity index (χ2n) is 4.93. The molecule has 0 atom stereocenters. The van der Waals surface area contributed by atoms with Gasteiger partial charge < -0.3 is 4.57 Å². The molecule has 21 heavy (non-hydrogen) atoms. The van der Waals surface area contributed by atoms with Gasteiger partial charge in [-0.05, 0) is 35.7 Å². The first-order chi connectivity index (χ1) is 9.93. The van der Waals surface area contributed by atoms with Gasteiger partial charge in [0.05, 0.1) is 5.56 Å². The van der Waals surface area contributed by atoms with Crippen molar-refractivity contribution in [3.8, 4) is 0 Å². The average molecular weight is 346 g/mol. The number of benzene rings is 1. The van der Waals surface area contributed by atoms with Gasteiger partial charge in [-0.15, -0.1) is 0 Å². The van der Waals surface area contributed by atoms with Gasteiger partial charge in [-0.3, -0.25) is 9.59 Å². The summed E-state index contributed by atoms with van der Waals surface area (Å²) in [5.74, 6) is -0.180. The normalized spacial score (nSPS) is 10.4. The Hall–Kier alpha value is -1.94. The van der Waals surface area contributed by atoms with Crippen molar-refractivity contribution < 1.29 is 4.79 Å². The Morgan fingerprint density at radius 2 is 2.14 bits per heavy atom. The quantitative estimate of drug-likeness (QED) is 0.795. The molecule has 1 heterocycles. The van der Waals surface area contributed by atoms with E-state index in [0.29, 0.717) is 0 Å². The first-order valence-corrected chi connectivity index (χ1v) is 7.33. The van der Waals surface area contributed by atoms with Crippen molar-refractivity contribution in [2.24, 2.45) is 7.05 Å². The van der Waals surface area contributed by atoms with Crippen LogP contribution in [0.15, 0.2) is 46.3 Å². The van der Waals surface area contributed by atoms with Crippen molar-refractivity contribution in [2.75, 3.05) is 0 Å². The highest BCUT2D eigenvalue weighted by molar-refractivity contribution is 9.10. The Balaban J connectivity index is 2.41. The summed E-state index contributed by atoms with van der Waals surface area (Å²) in [4.78, 5) is 24.6. The van der Waals surface area contributed by atoms with Crippen LogP contribution in [-0.4, -0.2) is 10.4 Å². The van der Waals surface area contributed by atoms with E-state index >= 15 is 0 Å². The molecular formula is C17H16BrNO2. The van der Waals surface area contributed by atoms with Gasteiger partial charge in [-0.1, -0.05) is 40.7 Å². The fourth-order valence-corrected chi connectivity index (χ4v) is 2.57. The Morgan fingerprint density at radius 1 is 1.43 bits per heavy atom. The third-order valence-electron chi connectivity index (χ3n) is 3.47. The van der Waals surface area contributed by atoms with Crippen LogP contribution in [0.2, 0.25) is 0 Å². The van der Waals surface area contributed by atoms with Crippen LogP contribution in [0, 0.1) is 6.92 Å². The molecule has 108 valence electrons. The molecule has 0 spiro atoms. The zero-order chi connectivity index (χ0) is 15.6. The van der Waals surface area contributed by atoms with E-state index in [2.05, 4.69) is 22.5 Å².